The van der Waals surface area contributed by atoms with Crippen LogP contribution in [0.25, 0.3) is 0 Å². The summed E-state index contributed by atoms with van der Waals surface area (Å²) in [5.74, 6) is -1.13. The van der Waals surface area contributed by atoms with Crippen molar-refractivity contribution in [1.29, 1.82) is 0 Å². The predicted molar refractivity (Wildman–Crippen MR) is 129 cm³/mol. The molecule has 2 aromatic rings. The average Bonchev–Trinajstić information content (AvgIpc) is 3.06. The van der Waals surface area contributed by atoms with Gasteiger partial charge in [0.15, 0.2) is 0 Å². The third-order valence-corrected chi connectivity index (χ3v) is 6.63. The van der Waals surface area contributed by atoms with E-state index in [4.69, 9.17) is 0 Å². The Hall–Kier alpha value is -3.13. The lowest BCUT2D eigenvalue weighted by Crippen LogP contribution is -2.41. The molecule has 0 aliphatic carbocycles. The van der Waals surface area contributed by atoms with Gasteiger partial charge < -0.3 is 10.4 Å². The number of hydrogen-bond donors (Lipinski definition) is 2. The van der Waals surface area contributed by atoms with E-state index in [-0.39, 0.29) is 16.7 Å². The van der Waals surface area contributed by atoms with Crippen molar-refractivity contribution in [3.63, 3.8) is 0 Å². The number of para-hydroxylation sites is 1. The zero-order valence-corrected chi connectivity index (χ0v) is 19.8. The highest BCUT2D eigenvalue weighted by Gasteiger charge is 2.39. The molecule has 0 radical (unpaired) electrons. The smallest absolute Gasteiger partial charge is 0.326 e. The normalized spacial score (nSPS) is 13.7. The number of hydrogen-bond acceptors (Lipinski definition) is 5. The molecule has 8 heteroatoms. The second kappa shape index (κ2) is 10.7. The number of thioether (sulfide) groups is 1. The monoisotopic (exact) mass is 468 g/mol. The number of amides is 3. The van der Waals surface area contributed by atoms with E-state index in [1.54, 1.807) is 11.8 Å². The first-order chi connectivity index (χ1) is 15.8. The number of carbonyl (C=O) groups excluding carboxylic acids is 3. The third-order valence-electron chi connectivity index (χ3n) is 5.70. The molecule has 0 bridgehead atoms. The maximum absolute atomic E-state index is 13.3. The standard InChI is InChI=1S/C25H28N2O5S/c1-4-15-8-7-9-16(5-2)21(15)27-23(29)18-11-10-17(14-19(18)24(27)30)22(28)26-20(25(31)32)12-13-33-6-3/h7-11,14,20H,4-6,12-13H2,1-3H3,(H,26,28)(H,31,32). The van der Waals surface area contributed by atoms with Crippen molar-refractivity contribution >= 4 is 41.1 Å². The van der Waals surface area contributed by atoms with E-state index in [2.05, 4.69) is 5.32 Å². The number of rotatable bonds is 10. The molecule has 3 amide bonds. The van der Waals surface area contributed by atoms with Gasteiger partial charge in [-0.1, -0.05) is 39.0 Å². The summed E-state index contributed by atoms with van der Waals surface area (Å²) >= 11 is 1.60. The fraction of sp³-hybridized carbons (Fsp3) is 0.360. The van der Waals surface area contributed by atoms with E-state index in [0.717, 1.165) is 16.9 Å². The SMILES string of the molecule is CCSCCC(NC(=O)c1ccc2c(c1)C(=O)N(c1c(CC)cccc1CC)C2=O)C(=O)O. The summed E-state index contributed by atoms with van der Waals surface area (Å²) in [6, 6.07) is 8.99. The molecule has 2 N–H and O–H groups in total. The van der Waals surface area contributed by atoms with E-state index in [1.807, 2.05) is 39.0 Å². The molecule has 1 aliphatic rings. The molecular weight excluding hydrogens is 440 g/mol. The number of carboxylic acids is 1. The first kappa shape index (κ1) is 24.5. The van der Waals surface area contributed by atoms with Crippen molar-refractivity contribution in [3.05, 3.63) is 64.2 Å². The van der Waals surface area contributed by atoms with Gasteiger partial charge in [-0.2, -0.15) is 11.8 Å². The molecule has 3 rings (SSSR count). The van der Waals surface area contributed by atoms with Crippen LogP contribution in [0.2, 0.25) is 0 Å². The van der Waals surface area contributed by atoms with E-state index >= 15 is 0 Å². The number of nitrogens with zero attached hydrogens (tertiary/aromatic N) is 1. The number of fused-ring (bicyclic) bond motifs is 1. The third kappa shape index (κ3) is 4.95. The van der Waals surface area contributed by atoms with Crippen molar-refractivity contribution in [1.82, 2.24) is 5.32 Å². The summed E-state index contributed by atoms with van der Waals surface area (Å²) in [5, 5.41) is 12.0. The lowest BCUT2D eigenvalue weighted by Gasteiger charge is -2.21. The molecule has 2 aromatic carbocycles. The first-order valence-corrected chi connectivity index (χ1v) is 12.2. The maximum atomic E-state index is 13.3. The molecule has 1 atom stereocenters. The Morgan fingerprint density at radius 2 is 1.64 bits per heavy atom. The molecule has 0 saturated carbocycles. The van der Waals surface area contributed by atoms with Crippen molar-refractivity contribution < 1.29 is 24.3 Å². The number of imide groups is 1. The zero-order chi connectivity index (χ0) is 24.1. The fourth-order valence-corrected chi connectivity index (χ4v) is 4.62. The molecule has 1 unspecified atom stereocenters. The van der Waals surface area contributed by atoms with Crippen LogP contribution in [-0.2, 0) is 17.6 Å². The number of aliphatic carboxylic acids is 1. The average molecular weight is 469 g/mol. The molecule has 1 heterocycles. The molecular formula is C25H28N2O5S. The van der Waals surface area contributed by atoms with Gasteiger partial charge in [-0.25, -0.2) is 9.69 Å². The van der Waals surface area contributed by atoms with Crippen molar-refractivity contribution in [2.24, 2.45) is 0 Å². The van der Waals surface area contributed by atoms with Crippen molar-refractivity contribution in [2.75, 3.05) is 16.4 Å². The Kier molecular flexibility index (Phi) is 7.92. The van der Waals surface area contributed by atoms with Gasteiger partial charge in [0.05, 0.1) is 16.8 Å². The molecule has 0 saturated heterocycles. The van der Waals surface area contributed by atoms with Gasteiger partial charge in [-0.3, -0.25) is 14.4 Å². The molecule has 33 heavy (non-hydrogen) atoms. The number of aryl methyl sites for hydroxylation is 2. The maximum Gasteiger partial charge on any atom is 0.326 e. The van der Waals surface area contributed by atoms with Crippen LogP contribution in [0.5, 0.6) is 0 Å². The Bertz CT molecular complexity index is 1080. The van der Waals surface area contributed by atoms with E-state index in [0.29, 0.717) is 30.7 Å². The summed E-state index contributed by atoms with van der Waals surface area (Å²) in [6.07, 6.45) is 1.62. The van der Waals surface area contributed by atoms with Crippen LogP contribution >= 0.6 is 11.8 Å². The summed E-state index contributed by atoms with van der Waals surface area (Å²) in [7, 11) is 0. The topological polar surface area (TPSA) is 104 Å². The minimum Gasteiger partial charge on any atom is -0.480 e. The fourth-order valence-electron chi connectivity index (χ4n) is 3.93. The molecule has 174 valence electrons. The van der Waals surface area contributed by atoms with Crippen LogP contribution in [0, 0.1) is 0 Å². The number of anilines is 1. The highest BCUT2D eigenvalue weighted by Crippen LogP contribution is 2.34. The second-order valence-corrected chi connectivity index (χ2v) is 9.08. The van der Waals surface area contributed by atoms with Crippen LogP contribution in [0.4, 0.5) is 5.69 Å². The van der Waals surface area contributed by atoms with Crippen LogP contribution in [0.1, 0.15) is 69.4 Å². The van der Waals surface area contributed by atoms with Crippen LogP contribution in [0.3, 0.4) is 0 Å². The quantitative estimate of drug-likeness (QED) is 0.404. The highest BCUT2D eigenvalue weighted by molar-refractivity contribution is 7.99. The highest BCUT2D eigenvalue weighted by atomic mass is 32.2. The van der Waals surface area contributed by atoms with E-state index < -0.39 is 29.7 Å². The minimum absolute atomic E-state index is 0.144. The number of nitrogens with one attached hydrogen (secondary N) is 1. The van der Waals surface area contributed by atoms with Gasteiger partial charge in [-0.15, -0.1) is 0 Å². The zero-order valence-electron chi connectivity index (χ0n) is 19.0. The molecule has 7 nitrogen and oxygen atoms in total. The summed E-state index contributed by atoms with van der Waals surface area (Å²) in [6.45, 7) is 5.92. The van der Waals surface area contributed by atoms with Crippen LogP contribution < -0.4 is 10.2 Å². The van der Waals surface area contributed by atoms with E-state index in [1.165, 1.54) is 23.1 Å². The molecule has 0 aromatic heterocycles. The lowest BCUT2D eigenvalue weighted by molar-refractivity contribution is -0.139. The summed E-state index contributed by atoms with van der Waals surface area (Å²) in [5.41, 5.74) is 2.93. The second-order valence-electron chi connectivity index (χ2n) is 7.69. The van der Waals surface area contributed by atoms with Gasteiger partial charge >= 0.3 is 5.97 Å². The Morgan fingerprint density at radius 1 is 1.00 bits per heavy atom. The number of benzene rings is 2. The Balaban J connectivity index is 1.90. The van der Waals surface area contributed by atoms with Gasteiger partial charge in [0, 0.05) is 5.56 Å². The van der Waals surface area contributed by atoms with Gasteiger partial charge in [0.25, 0.3) is 17.7 Å². The van der Waals surface area contributed by atoms with Gasteiger partial charge in [-0.05, 0) is 60.1 Å². The largest absolute Gasteiger partial charge is 0.480 e. The lowest BCUT2D eigenvalue weighted by atomic mass is 10.0. The van der Waals surface area contributed by atoms with Crippen LogP contribution in [0.15, 0.2) is 36.4 Å². The van der Waals surface area contributed by atoms with Crippen LogP contribution in [-0.4, -0.2) is 46.3 Å². The predicted octanol–water partition coefficient (Wildman–Crippen LogP) is 3.94. The van der Waals surface area contributed by atoms with Gasteiger partial charge in [0.1, 0.15) is 6.04 Å². The Labute approximate surface area is 197 Å². The minimum atomic E-state index is -1.11. The van der Waals surface area contributed by atoms with Crippen molar-refractivity contribution in [3.8, 4) is 0 Å². The molecule has 1 aliphatic heterocycles. The summed E-state index contributed by atoms with van der Waals surface area (Å²) < 4.78 is 0. The molecule has 0 spiro atoms. The van der Waals surface area contributed by atoms with Gasteiger partial charge in [0.2, 0.25) is 0 Å². The number of carbonyl (C=O) groups is 4. The van der Waals surface area contributed by atoms with Crippen molar-refractivity contribution in [2.45, 2.75) is 46.1 Å². The number of carboxylic acid groups (broad SMARTS) is 1. The summed E-state index contributed by atoms with van der Waals surface area (Å²) in [4.78, 5) is 51.9. The molecule has 0 fully saturated rings. The van der Waals surface area contributed by atoms with E-state index in [9.17, 15) is 24.3 Å². The Morgan fingerprint density at radius 3 is 2.21 bits per heavy atom. The first-order valence-electron chi connectivity index (χ1n) is 11.1.